The van der Waals surface area contributed by atoms with Crippen LogP contribution < -0.4 is 4.72 Å². The van der Waals surface area contributed by atoms with Gasteiger partial charge in [-0.05, 0) is 17.7 Å². The van der Waals surface area contributed by atoms with Crippen LogP contribution in [0.2, 0.25) is 5.02 Å². The normalized spacial score (nSPS) is 22.7. The van der Waals surface area contributed by atoms with Crippen molar-refractivity contribution in [1.82, 2.24) is 9.03 Å². The number of halogens is 4. The second-order valence-electron chi connectivity index (χ2n) is 5.53. The molecule has 0 aliphatic carbocycles. The number of benzene rings is 1. The van der Waals surface area contributed by atoms with E-state index in [1.54, 1.807) is 0 Å². The third-order valence-corrected chi connectivity index (χ3v) is 4.78. The Morgan fingerprint density at radius 1 is 1.24 bits per heavy atom. The highest BCUT2D eigenvalue weighted by molar-refractivity contribution is 7.95. The van der Waals surface area contributed by atoms with Gasteiger partial charge in [-0.2, -0.15) is 13.2 Å². The molecule has 0 aromatic heterocycles. The monoisotopic (exact) mass is 338 g/mol. The molecule has 3 nitrogen and oxygen atoms in total. The summed E-state index contributed by atoms with van der Waals surface area (Å²) in [6, 6.07) is 4.00. The molecule has 1 N–H and O–H groups in total. The van der Waals surface area contributed by atoms with Gasteiger partial charge in [0.25, 0.3) is 0 Å². The standard InChI is InChI=1S/C13H14ClF3N2OS/c14-10-3-1-9(2-4-10)11(13(15,16)17)18-21-19-5-12(6-19)7-20-8-12/h1-4,11,18H,5-8H2/t11-/m1/s1. The van der Waals surface area contributed by atoms with Crippen LogP contribution in [0, 0.1) is 5.41 Å². The second kappa shape index (κ2) is 5.62. The molecular formula is C13H14ClF3N2OS. The van der Waals surface area contributed by atoms with Crippen molar-refractivity contribution in [2.75, 3.05) is 26.3 Å². The van der Waals surface area contributed by atoms with Gasteiger partial charge in [-0.25, -0.2) is 9.03 Å². The highest BCUT2D eigenvalue weighted by Crippen LogP contribution is 2.42. The fraction of sp³-hybridized carbons (Fsp3) is 0.538. The Hall–Kier alpha value is -0.470. The summed E-state index contributed by atoms with van der Waals surface area (Å²) in [6.45, 7) is 2.94. The topological polar surface area (TPSA) is 24.5 Å². The highest BCUT2D eigenvalue weighted by Gasteiger charge is 2.50. The molecule has 1 aromatic rings. The lowest BCUT2D eigenvalue weighted by atomic mass is 9.80. The van der Waals surface area contributed by atoms with Gasteiger partial charge in [0.1, 0.15) is 6.04 Å². The Morgan fingerprint density at radius 2 is 1.86 bits per heavy atom. The van der Waals surface area contributed by atoms with Crippen LogP contribution in [0.3, 0.4) is 0 Å². The lowest BCUT2D eigenvalue weighted by Crippen LogP contribution is -2.64. The molecule has 1 atom stereocenters. The van der Waals surface area contributed by atoms with Gasteiger partial charge in [0.15, 0.2) is 0 Å². The molecule has 0 saturated carbocycles. The van der Waals surface area contributed by atoms with Gasteiger partial charge in [0, 0.05) is 35.7 Å². The first kappa shape index (κ1) is 15.4. The summed E-state index contributed by atoms with van der Waals surface area (Å²) in [4.78, 5) is 0. The Labute approximate surface area is 130 Å². The van der Waals surface area contributed by atoms with Crippen LogP contribution in [0.25, 0.3) is 0 Å². The summed E-state index contributed by atoms with van der Waals surface area (Å²) in [6.07, 6.45) is -4.36. The summed E-state index contributed by atoms with van der Waals surface area (Å²) in [7, 11) is 0. The van der Waals surface area contributed by atoms with E-state index in [-0.39, 0.29) is 11.0 Å². The van der Waals surface area contributed by atoms with Crippen molar-refractivity contribution in [2.45, 2.75) is 12.2 Å². The molecule has 2 aliphatic rings. The maximum atomic E-state index is 13.2. The van der Waals surface area contributed by atoms with E-state index in [1.807, 2.05) is 4.31 Å². The van der Waals surface area contributed by atoms with E-state index < -0.39 is 12.2 Å². The predicted octanol–water partition coefficient (Wildman–Crippen LogP) is 3.43. The number of ether oxygens (including phenoxy) is 1. The summed E-state index contributed by atoms with van der Waals surface area (Å²) in [5.74, 6) is 0. The Bertz CT molecular complexity index is 499. The van der Waals surface area contributed by atoms with Crippen LogP contribution >= 0.6 is 23.7 Å². The summed E-state index contributed by atoms with van der Waals surface area (Å²) >= 11 is 6.74. The van der Waals surface area contributed by atoms with Crippen molar-refractivity contribution in [2.24, 2.45) is 5.41 Å². The molecular weight excluding hydrogens is 325 g/mol. The van der Waals surface area contributed by atoms with E-state index in [4.69, 9.17) is 16.3 Å². The van der Waals surface area contributed by atoms with E-state index in [0.717, 1.165) is 25.2 Å². The zero-order chi connectivity index (χ0) is 15.1. The molecule has 2 heterocycles. The van der Waals surface area contributed by atoms with E-state index in [1.165, 1.54) is 24.3 Å². The largest absolute Gasteiger partial charge is 0.408 e. The maximum absolute atomic E-state index is 13.2. The molecule has 21 heavy (non-hydrogen) atoms. The Balaban J connectivity index is 1.59. The van der Waals surface area contributed by atoms with Crippen LogP contribution in [0.4, 0.5) is 13.2 Å². The molecule has 116 valence electrons. The fourth-order valence-corrected chi connectivity index (χ4v) is 3.77. The van der Waals surface area contributed by atoms with Gasteiger partial charge in [0.2, 0.25) is 0 Å². The molecule has 2 saturated heterocycles. The minimum atomic E-state index is -4.36. The lowest BCUT2D eigenvalue weighted by molar-refractivity contribution is -0.166. The molecule has 0 bridgehead atoms. The number of nitrogens with one attached hydrogen (secondary N) is 1. The summed E-state index contributed by atoms with van der Waals surface area (Å²) < 4.78 is 49.0. The molecule has 0 radical (unpaired) electrons. The molecule has 0 amide bonds. The number of alkyl halides is 3. The summed E-state index contributed by atoms with van der Waals surface area (Å²) in [5.41, 5.74) is 0.337. The van der Waals surface area contributed by atoms with Gasteiger partial charge < -0.3 is 4.74 Å². The minimum absolute atomic E-state index is 0.154. The third kappa shape index (κ3) is 3.32. The Kier molecular flexibility index (Phi) is 4.13. The average molecular weight is 339 g/mol. The van der Waals surface area contributed by atoms with E-state index in [2.05, 4.69) is 4.72 Å². The van der Waals surface area contributed by atoms with Gasteiger partial charge in [0.05, 0.1) is 13.2 Å². The van der Waals surface area contributed by atoms with Crippen LogP contribution in [-0.4, -0.2) is 36.8 Å². The first-order valence-corrected chi connectivity index (χ1v) is 7.61. The zero-order valence-electron chi connectivity index (χ0n) is 11.0. The van der Waals surface area contributed by atoms with Gasteiger partial charge in [-0.1, -0.05) is 23.7 Å². The van der Waals surface area contributed by atoms with Crippen molar-refractivity contribution in [1.29, 1.82) is 0 Å². The van der Waals surface area contributed by atoms with Crippen LogP contribution in [0.1, 0.15) is 11.6 Å². The van der Waals surface area contributed by atoms with E-state index in [9.17, 15) is 13.2 Å². The van der Waals surface area contributed by atoms with Crippen molar-refractivity contribution in [3.05, 3.63) is 34.9 Å². The average Bonchev–Trinajstić information content (AvgIpc) is 2.30. The first-order chi connectivity index (χ1) is 9.88. The zero-order valence-corrected chi connectivity index (χ0v) is 12.6. The second-order valence-corrected chi connectivity index (χ2v) is 6.90. The Morgan fingerprint density at radius 3 is 2.33 bits per heavy atom. The third-order valence-electron chi connectivity index (χ3n) is 3.67. The van der Waals surface area contributed by atoms with Crippen molar-refractivity contribution >= 4 is 23.7 Å². The SMILES string of the molecule is FC(F)(F)[C@H](NSN1CC2(COC2)C1)c1ccc(Cl)cc1. The lowest BCUT2D eigenvalue weighted by Gasteiger charge is -2.54. The predicted molar refractivity (Wildman–Crippen MR) is 75.8 cm³/mol. The van der Waals surface area contributed by atoms with Crippen LogP contribution in [0.15, 0.2) is 24.3 Å². The molecule has 1 aromatic carbocycles. The van der Waals surface area contributed by atoms with Crippen LogP contribution in [0.5, 0.6) is 0 Å². The molecule has 8 heteroatoms. The number of hydrogen-bond donors (Lipinski definition) is 1. The molecule has 3 rings (SSSR count). The summed E-state index contributed by atoms with van der Waals surface area (Å²) in [5, 5.41) is 0.419. The van der Waals surface area contributed by atoms with Crippen molar-refractivity contribution < 1.29 is 17.9 Å². The van der Waals surface area contributed by atoms with Crippen molar-refractivity contribution in [3.8, 4) is 0 Å². The fourth-order valence-electron chi connectivity index (χ4n) is 2.45. The number of rotatable bonds is 4. The van der Waals surface area contributed by atoms with Crippen LogP contribution in [-0.2, 0) is 4.74 Å². The molecule has 2 fully saturated rings. The maximum Gasteiger partial charge on any atom is 0.408 e. The molecule has 2 aliphatic heterocycles. The number of hydrogen-bond acceptors (Lipinski definition) is 4. The smallest absolute Gasteiger partial charge is 0.380 e. The van der Waals surface area contributed by atoms with E-state index >= 15 is 0 Å². The molecule has 1 spiro atoms. The minimum Gasteiger partial charge on any atom is -0.380 e. The van der Waals surface area contributed by atoms with Gasteiger partial charge >= 0.3 is 6.18 Å². The number of nitrogens with zero attached hydrogens (tertiary/aromatic N) is 1. The molecule has 0 unspecified atom stereocenters. The van der Waals surface area contributed by atoms with Crippen molar-refractivity contribution in [3.63, 3.8) is 0 Å². The van der Waals surface area contributed by atoms with E-state index in [0.29, 0.717) is 18.2 Å². The quantitative estimate of drug-likeness (QED) is 0.850. The van der Waals surface area contributed by atoms with Gasteiger partial charge in [-0.15, -0.1) is 0 Å². The first-order valence-electron chi connectivity index (χ1n) is 6.45. The van der Waals surface area contributed by atoms with Gasteiger partial charge in [-0.3, -0.25) is 0 Å². The highest BCUT2D eigenvalue weighted by atomic mass is 35.5.